The fourth-order valence-corrected chi connectivity index (χ4v) is 1.06. The van der Waals surface area contributed by atoms with E-state index in [-0.39, 0.29) is 24.9 Å². The van der Waals surface area contributed by atoms with Crippen LogP contribution in [0.25, 0.3) is 0 Å². The van der Waals surface area contributed by atoms with Crippen molar-refractivity contribution >= 4 is 14.0 Å². The summed E-state index contributed by atoms with van der Waals surface area (Å²) < 4.78 is 20.0. The van der Waals surface area contributed by atoms with Crippen LogP contribution < -0.4 is 0 Å². The Labute approximate surface area is 82.0 Å². The SMILES string of the molecule is C=C(COCC[P+](=O)OCO)C(=O)O. The van der Waals surface area contributed by atoms with Crippen LogP contribution in [-0.4, -0.2) is 42.4 Å². The molecule has 1 unspecified atom stereocenters. The van der Waals surface area contributed by atoms with Crippen LogP contribution in [0.4, 0.5) is 0 Å². The summed E-state index contributed by atoms with van der Waals surface area (Å²) in [5.74, 6) is -1.12. The lowest BCUT2D eigenvalue weighted by Gasteiger charge is -1.98. The zero-order valence-electron chi connectivity index (χ0n) is 7.51. The van der Waals surface area contributed by atoms with Crippen LogP contribution in [0.1, 0.15) is 0 Å². The predicted molar refractivity (Wildman–Crippen MR) is 48.2 cm³/mol. The van der Waals surface area contributed by atoms with Crippen LogP contribution in [0.5, 0.6) is 0 Å². The standard InChI is InChI=1S/C7H11O6P/c1-6(7(9)10)4-12-2-3-14(11)13-5-8/h8H,1-5H2/p+1. The Morgan fingerprint density at radius 2 is 2.14 bits per heavy atom. The predicted octanol–water partition coefficient (Wildman–Crippen LogP) is 0.353. The van der Waals surface area contributed by atoms with Gasteiger partial charge in [0.25, 0.3) is 0 Å². The molecule has 0 spiro atoms. The topological polar surface area (TPSA) is 93.1 Å². The normalized spacial score (nSPS) is 11.1. The number of aliphatic hydroxyl groups is 1. The van der Waals surface area contributed by atoms with Crippen molar-refractivity contribution in [2.24, 2.45) is 0 Å². The number of hydrogen-bond donors (Lipinski definition) is 2. The number of rotatable bonds is 8. The maximum Gasteiger partial charge on any atom is 0.512 e. The molecule has 0 rings (SSSR count). The number of aliphatic carboxylic acids is 1. The number of aliphatic hydroxyl groups excluding tert-OH is 1. The van der Waals surface area contributed by atoms with Gasteiger partial charge in [-0.05, 0) is 4.57 Å². The van der Waals surface area contributed by atoms with Crippen molar-refractivity contribution in [1.29, 1.82) is 0 Å². The Bertz CT molecular complexity index is 226. The van der Waals surface area contributed by atoms with E-state index in [1.807, 2.05) is 0 Å². The number of ether oxygens (including phenoxy) is 1. The van der Waals surface area contributed by atoms with E-state index >= 15 is 0 Å². The molecule has 0 aromatic carbocycles. The molecule has 7 heteroatoms. The van der Waals surface area contributed by atoms with Crippen molar-refractivity contribution in [1.82, 2.24) is 0 Å². The van der Waals surface area contributed by atoms with Crippen molar-refractivity contribution in [3.8, 4) is 0 Å². The molecule has 0 aromatic heterocycles. The number of carboxylic acids is 1. The molecule has 6 nitrogen and oxygen atoms in total. The van der Waals surface area contributed by atoms with Gasteiger partial charge in [0, 0.05) is 0 Å². The van der Waals surface area contributed by atoms with Crippen LogP contribution in [0, 0.1) is 0 Å². The van der Waals surface area contributed by atoms with Gasteiger partial charge in [-0.3, -0.25) is 0 Å². The van der Waals surface area contributed by atoms with Gasteiger partial charge in [-0.15, -0.1) is 4.52 Å². The third-order valence-corrected chi connectivity index (χ3v) is 2.15. The summed E-state index contributed by atoms with van der Waals surface area (Å²) in [6.07, 6.45) is 0.114. The van der Waals surface area contributed by atoms with Gasteiger partial charge in [0.1, 0.15) is 0 Å². The van der Waals surface area contributed by atoms with Crippen LogP contribution in [0.15, 0.2) is 12.2 Å². The number of carbonyl (C=O) groups is 1. The van der Waals surface area contributed by atoms with E-state index in [0.717, 1.165) is 0 Å². The molecule has 0 aliphatic carbocycles. The van der Waals surface area contributed by atoms with Crippen molar-refractivity contribution in [2.75, 3.05) is 26.2 Å². The Kier molecular flexibility index (Phi) is 7.14. The van der Waals surface area contributed by atoms with E-state index in [0.29, 0.717) is 0 Å². The van der Waals surface area contributed by atoms with E-state index in [2.05, 4.69) is 11.1 Å². The molecule has 14 heavy (non-hydrogen) atoms. The minimum Gasteiger partial charge on any atom is -0.478 e. The highest BCUT2D eigenvalue weighted by atomic mass is 31.1. The minimum atomic E-state index is -1.93. The quantitative estimate of drug-likeness (QED) is 0.267. The smallest absolute Gasteiger partial charge is 0.478 e. The van der Waals surface area contributed by atoms with E-state index in [1.165, 1.54) is 0 Å². The molecule has 0 fully saturated rings. The fraction of sp³-hybridized carbons (Fsp3) is 0.571. The molecule has 0 radical (unpaired) electrons. The van der Waals surface area contributed by atoms with Gasteiger partial charge in [-0.1, -0.05) is 6.58 Å². The van der Waals surface area contributed by atoms with Gasteiger partial charge in [-0.2, -0.15) is 0 Å². The van der Waals surface area contributed by atoms with Gasteiger partial charge < -0.3 is 14.9 Å². The summed E-state index contributed by atoms with van der Waals surface area (Å²) in [7, 11) is -1.93. The van der Waals surface area contributed by atoms with E-state index in [1.54, 1.807) is 0 Å². The zero-order valence-corrected chi connectivity index (χ0v) is 8.40. The first kappa shape index (κ1) is 13.2. The first-order chi connectivity index (χ1) is 6.57. The highest BCUT2D eigenvalue weighted by Crippen LogP contribution is 2.20. The molecule has 1 atom stereocenters. The Hall–Kier alpha value is -0.810. The van der Waals surface area contributed by atoms with Gasteiger partial charge in [-0.25, -0.2) is 4.79 Å². The van der Waals surface area contributed by atoms with Crippen molar-refractivity contribution < 1.29 is 28.8 Å². The van der Waals surface area contributed by atoms with E-state index in [4.69, 9.17) is 14.9 Å². The van der Waals surface area contributed by atoms with Crippen molar-refractivity contribution in [3.05, 3.63) is 12.2 Å². The lowest BCUT2D eigenvalue weighted by Crippen LogP contribution is -2.08. The number of carboxylic acid groups (broad SMARTS) is 1. The molecule has 80 valence electrons. The third-order valence-electron chi connectivity index (χ3n) is 1.20. The Balaban J connectivity index is 3.42. The molecule has 0 saturated heterocycles. The fourth-order valence-electron chi connectivity index (χ4n) is 0.525. The maximum atomic E-state index is 10.8. The molecular formula is C7H12O6P+. The summed E-state index contributed by atoms with van der Waals surface area (Å²) in [6, 6.07) is 0. The lowest BCUT2D eigenvalue weighted by molar-refractivity contribution is -0.133. The van der Waals surface area contributed by atoms with Crippen LogP contribution in [0.2, 0.25) is 0 Å². The van der Waals surface area contributed by atoms with Crippen molar-refractivity contribution in [2.45, 2.75) is 0 Å². The molecule has 0 aliphatic heterocycles. The van der Waals surface area contributed by atoms with Gasteiger partial charge in [0.05, 0.1) is 18.8 Å². The Morgan fingerprint density at radius 3 is 2.64 bits per heavy atom. The second-order valence-electron chi connectivity index (χ2n) is 2.28. The lowest BCUT2D eigenvalue weighted by atomic mass is 10.3. The highest BCUT2D eigenvalue weighted by Gasteiger charge is 2.16. The summed E-state index contributed by atoms with van der Waals surface area (Å²) in [5.41, 5.74) is -0.0664. The van der Waals surface area contributed by atoms with Crippen molar-refractivity contribution in [3.63, 3.8) is 0 Å². The zero-order chi connectivity index (χ0) is 11.0. The van der Waals surface area contributed by atoms with Crippen LogP contribution >= 0.6 is 8.03 Å². The molecule has 0 saturated carbocycles. The number of hydrogen-bond acceptors (Lipinski definition) is 5. The van der Waals surface area contributed by atoms with Crippen LogP contribution in [-0.2, 0) is 18.6 Å². The second kappa shape index (κ2) is 7.58. The first-order valence-corrected chi connectivity index (χ1v) is 5.11. The van der Waals surface area contributed by atoms with E-state index in [9.17, 15) is 9.36 Å². The third kappa shape index (κ3) is 6.68. The maximum absolute atomic E-state index is 10.8. The molecule has 0 bridgehead atoms. The van der Waals surface area contributed by atoms with Gasteiger partial charge in [0.2, 0.25) is 6.16 Å². The molecular weight excluding hydrogens is 211 g/mol. The summed E-state index contributed by atoms with van der Waals surface area (Å²) in [4.78, 5) is 10.2. The Morgan fingerprint density at radius 1 is 1.50 bits per heavy atom. The molecule has 0 amide bonds. The average Bonchev–Trinajstić information content (AvgIpc) is 2.12. The molecule has 2 N–H and O–H groups in total. The van der Waals surface area contributed by atoms with Gasteiger partial charge >= 0.3 is 14.0 Å². The van der Waals surface area contributed by atoms with E-state index < -0.39 is 20.8 Å². The molecule has 0 heterocycles. The van der Waals surface area contributed by atoms with Gasteiger partial charge in [0.15, 0.2) is 6.79 Å². The van der Waals surface area contributed by atoms with Crippen LogP contribution in [0.3, 0.4) is 0 Å². The molecule has 0 aromatic rings. The largest absolute Gasteiger partial charge is 0.512 e. The minimum absolute atomic E-state index is 0.0664. The monoisotopic (exact) mass is 223 g/mol. The summed E-state index contributed by atoms with van der Waals surface area (Å²) >= 11 is 0. The first-order valence-electron chi connectivity index (χ1n) is 3.75. The summed E-state index contributed by atoms with van der Waals surface area (Å²) in [6.45, 7) is 2.62. The summed E-state index contributed by atoms with van der Waals surface area (Å²) in [5, 5.41) is 16.6. The molecule has 0 aliphatic rings. The second-order valence-corrected chi connectivity index (χ2v) is 3.65. The highest BCUT2D eigenvalue weighted by molar-refractivity contribution is 7.39. The average molecular weight is 223 g/mol.